The Morgan fingerprint density at radius 1 is 1.35 bits per heavy atom. The highest BCUT2D eigenvalue weighted by Gasteiger charge is 2.39. The molecule has 0 fully saturated rings. The fourth-order valence-corrected chi connectivity index (χ4v) is 2.08. The third-order valence-corrected chi connectivity index (χ3v) is 3.01. The summed E-state index contributed by atoms with van der Waals surface area (Å²) in [7, 11) is 1.48. The summed E-state index contributed by atoms with van der Waals surface area (Å²) < 4.78 is 0. The minimum absolute atomic E-state index is 0.545. The molecule has 1 rings (SSSR count). The van der Waals surface area contributed by atoms with Gasteiger partial charge in [0.05, 0.1) is 0 Å². The van der Waals surface area contributed by atoms with Crippen molar-refractivity contribution in [1.82, 2.24) is 4.90 Å². The summed E-state index contributed by atoms with van der Waals surface area (Å²) in [5, 5.41) is 9.27. The molecule has 1 aromatic rings. The Morgan fingerprint density at radius 2 is 1.88 bits per heavy atom. The average Bonchev–Trinajstić information content (AvgIpc) is 2.29. The van der Waals surface area contributed by atoms with E-state index >= 15 is 0 Å². The molecular weight excluding hydrogens is 218 g/mol. The van der Waals surface area contributed by atoms with Gasteiger partial charge in [0.15, 0.2) is 0 Å². The van der Waals surface area contributed by atoms with E-state index in [0.717, 1.165) is 5.56 Å². The minimum atomic E-state index is -1.01. The van der Waals surface area contributed by atoms with Crippen LogP contribution in [0, 0.1) is 0 Å². The molecule has 0 spiro atoms. The number of benzene rings is 1. The van der Waals surface area contributed by atoms with Crippen LogP contribution in [0.5, 0.6) is 0 Å². The van der Waals surface area contributed by atoms with Gasteiger partial charge in [-0.1, -0.05) is 44.2 Å². The number of carbonyl (C=O) groups is 2. The monoisotopic (exact) mass is 235 g/mol. The van der Waals surface area contributed by atoms with E-state index in [0.29, 0.717) is 6.41 Å². The molecule has 0 radical (unpaired) electrons. The van der Waals surface area contributed by atoms with E-state index in [9.17, 15) is 14.7 Å². The second kappa shape index (κ2) is 4.99. The van der Waals surface area contributed by atoms with E-state index in [1.54, 1.807) is 0 Å². The molecule has 1 aromatic carbocycles. The zero-order valence-corrected chi connectivity index (χ0v) is 10.3. The second-order valence-electron chi connectivity index (χ2n) is 4.60. The van der Waals surface area contributed by atoms with Gasteiger partial charge in [-0.2, -0.15) is 0 Å². The number of amides is 1. The lowest BCUT2D eigenvalue weighted by molar-refractivity contribution is -0.148. The standard InChI is InChI=1S/C13H17NO3/c1-13(2,10-7-5-4-6-8-10)11(12(16)17)14(3)9-15/h4-9,11H,1-3H3,(H,16,17). The van der Waals surface area contributed by atoms with Gasteiger partial charge in [-0.3, -0.25) is 4.79 Å². The highest BCUT2D eigenvalue weighted by molar-refractivity contribution is 5.78. The van der Waals surface area contributed by atoms with E-state index in [4.69, 9.17) is 0 Å². The van der Waals surface area contributed by atoms with Crippen molar-refractivity contribution in [1.29, 1.82) is 0 Å². The smallest absolute Gasteiger partial charge is 0.327 e. The van der Waals surface area contributed by atoms with Gasteiger partial charge in [0.25, 0.3) is 0 Å². The average molecular weight is 235 g/mol. The van der Waals surface area contributed by atoms with Crippen LogP contribution >= 0.6 is 0 Å². The van der Waals surface area contributed by atoms with E-state index in [1.165, 1.54) is 11.9 Å². The summed E-state index contributed by atoms with van der Waals surface area (Å²) in [5.74, 6) is -1.01. The fraction of sp³-hybridized carbons (Fsp3) is 0.385. The molecule has 0 heterocycles. The Bertz CT molecular complexity index is 400. The highest BCUT2D eigenvalue weighted by atomic mass is 16.4. The maximum atomic E-state index is 11.3. The molecule has 0 aliphatic rings. The first-order chi connectivity index (χ1) is 7.91. The van der Waals surface area contributed by atoms with E-state index in [-0.39, 0.29) is 0 Å². The SMILES string of the molecule is CN(C=O)C(C(=O)O)C(C)(C)c1ccccc1. The largest absolute Gasteiger partial charge is 0.480 e. The predicted molar refractivity (Wildman–Crippen MR) is 64.7 cm³/mol. The van der Waals surface area contributed by atoms with Gasteiger partial charge in [0.2, 0.25) is 6.41 Å². The van der Waals surface area contributed by atoms with Crippen LogP contribution in [0.4, 0.5) is 0 Å². The lowest BCUT2D eigenvalue weighted by atomic mass is 9.77. The van der Waals surface area contributed by atoms with Crippen molar-refractivity contribution in [3.05, 3.63) is 35.9 Å². The van der Waals surface area contributed by atoms with Gasteiger partial charge in [-0.25, -0.2) is 4.79 Å². The molecule has 92 valence electrons. The van der Waals surface area contributed by atoms with Crippen molar-refractivity contribution in [2.45, 2.75) is 25.3 Å². The normalized spacial score (nSPS) is 12.9. The zero-order valence-electron chi connectivity index (χ0n) is 10.3. The molecule has 0 aliphatic carbocycles. The Hall–Kier alpha value is -1.84. The number of carbonyl (C=O) groups excluding carboxylic acids is 1. The Kier molecular flexibility index (Phi) is 3.89. The molecule has 17 heavy (non-hydrogen) atoms. The summed E-state index contributed by atoms with van der Waals surface area (Å²) in [4.78, 5) is 23.3. The lowest BCUT2D eigenvalue weighted by Gasteiger charge is -2.36. The van der Waals surface area contributed by atoms with E-state index in [1.807, 2.05) is 44.2 Å². The van der Waals surface area contributed by atoms with Crippen LogP contribution in [0.15, 0.2) is 30.3 Å². The van der Waals surface area contributed by atoms with Gasteiger partial charge < -0.3 is 10.0 Å². The van der Waals surface area contributed by atoms with Gasteiger partial charge >= 0.3 is 5.97 Å². The van der Waals surface area contributed by atoms with Crippen LogP contribution in [0.1, 0.15) is 19.4 Å². The van der Waals surface area contributed by atoms with Crippen molar-refractivity contribution < 1.29 is 14.7 Å². The molecule has 0 aromatic heterocycles. The first-order valence-corrected chi connectivity index (χ1v) is 5.37. The summed E-state index contributed by atoms with van der Waals surface area (Å²) in [5.41, 5.74) is 0.240. The molecule has 0 bridgehead atoms. The maximum Gasteiger partial charge on any atom is 0.327 e. The van der Waals surface area contributed by atoms with Crippen molar-refractivity contribution in [3.8, 4) is 0 Å². The zero-order chi connectivity index (χ0) is 13.1. The molecule has 0 saturated heterocycles. The third kappa shape index (κ3) is 2.64. The maximum absolute atomic E-state index is 11.3. The molecule has 0 saturated carbocycles. The molecular formula is C13H17NO3. The van der Waals surface area contributed by atoms with E-state index in [2.05, 4.69) is 0 Å². The molecule has 1 unspecified atom stereocenters. The summed E-state index contributed by atoms with van der Waals surface area (Å²) in [6.07, 6.45) is 0.545. The Labute approximate surface area is 101 Å². The number of carboxylic acid groups (broad SMARTS) is 1. The topological polar surface area (TPSA) is 57.6 Å². The van der Waals surface area contributed by atoms with Crippen LogP contribution in [0.25, 0.3) is 0 Å². The lowest BCUT2D eigenvalue weighted by Crippen LogP contribution is -2.50. The molecule has 0 aliphatic heterocycles. The highest BCUT2D eigenvalue weighted by Crippen LogP contribution is 2.29. The van der Waals surface area contributed by atoms with Crippen molar-refractivity contribution in [2.75, 3.05) is 7.05 Å². The van der Waals surface area contributed by atoms with Crippen LogP contribution in [0.3, 0.4) is 0 Å². The number of aliphatic carboxylic acids is 1. The summed E-state index contributed by atoms with van der Waals surface area (Å²) in [6, 6.07) is 8.44. The molecule has 1 N–H and O–H groups in total. The number of hydrogen-bond donors (Lipinski definition) is 1. The number of hydrogen-bond acceptors (Lipinski definition) is 2. The summed E-state index contributed by atoms with van der Waals surface area (Å²) >= 11 is 0. The van der Waals surface area contributed by atoms with Crippen LogP contribution in [-0.4, -0.2) is 35.5 Å². The third-order valence-electron chi connectivity index (χ3n) is 3.01. The van der Waals surface area contributed by atoms with Gasteiger partial charge in [-0.15, -0.1) is 0 Å². The van der Waals surface area contributed by atoms with Gasteiger partial charge in [0, 0.05) is 12.5 Å². The number of likely N-dealkylation sites (N-methyl/N-ethyl adjacent to an activating group) is 1. The van der Waals surface area contributed by atoms with Crippen LogP contribution in [-0.2, 0) is 15.0 Å². The quantitative estimate of drug-likeness (QED) is 0.787. The number of carboxylic acids is 1. The fourth-order valence-electron chi connectivity index (χ4n) is 2.08. The number of nitrogens with zero attached hydrogens (tertiary/aromatic N) is 1. The van der Waals surface area contributed by atoms with Crippen molar-refractivity contribution >= 4 is 12.4 Å². The van der Waals surface area contributed by atoms with Crippen molar-refractivity contribution in [3.63, 3.8) is 0 Å². The van der Waals surface area contributed by atoms with Gasteiger partial charge in [-0.05, 0) is 5.56 Å². The Balaban J connectivity index is 3.17. The Morgan fingerprint density at radius 3 is 2.29 bits per heavy atom. The molecule has 4 nitrogen and oxygen atoms in total. The molecule has 1 atom stereocenters. The second-order valence-corrected chi connectivity index (χ2v) is 4.60. The van der Waals surface area contributed by atoms with E-state index < -0.39 is 17.4 Å². The first kappa shape index (κ1) is 13.2. The summed E-state index contributed by atoms with van der Waals surface area (Å²) in [6.45, 7) is 3.64. The van der Waals surface area contributed by atoms with Crippen LogP contribution in [0.2, 0.25) is 0 Å². The predicted octanol–water partition coefficient (Wildman–Crippen LogP) is 1.51. The molecule has 4 heteroatoms. The number of rotatable bonds is 5. The van der Waals surface area contributed by atoms with Crippen molar-refractivity contribution in [2.24, 2.45) is 0 Å². The minimum Gasteiger partial charge on any atom is -0.480 e. The van der Waals surface area contributed by atoms with Gasteiger partial charge in [0.1, 0.15) is 6.04 Å². The first-order valence-electron chi connectivity index (χ1n) is 5.37. The molecule has 1 amide bonds. The van der Waals surface area contributed by atoms with Crippen LogP contribution < -0.4 is 0 Å².